The van der Waals surface area contributed by atoms with Gasteiger partial charge in [0, 0.05) is 7.05 Å². The Morgan fingerprint density at radius 3 is 1.42 bits per heavy atom. The normalized spacial score (nSPS) is 12.4. The van der Waals surface area contributed by atoms with E-state index in [9.17, 15) is 14.7 Å². The Kier molecular flexibility index (Phi) is 6.91. The SMILES string of the molecule is CC(C)C[C@H](C(=O)O)N(C)C(=O)C(c1ccccc1)(c1ccccc1)c1ccccc1. The second kappa shape index (κ2) is 9.61. The summed E-state index contributed by atoms with van der Waals surface area (Å²) in [7, 11) is 1.60. The van der Waals surface area contributed by atoms with Gasteiger partial charge in [-0.3, -0.25) is 4.79 Å². The fourth-order valence-electron chi connectivity index (χ4n) is 4.21. The number of benzene rings is 3. The second-order valence-electron chi connectivity index (χ2n) is 8.25. The summed E-state index contributed by atoms with van der Waals surface area (Å²) < 4.78 is 0. The van der Waals surface area contributed by atoms with Crippen molar-refractivity contribution in [3.63, 3.8) is 0 Å². The van der Waals surface area contributed by atoms with Crippen molar-refractivity contribution >= 4 is 11.9 Å². The molecule has 0 aromatic heterocycles. The summed E-state index contributed by atoms with van der Waals surface area (Å²) in [6.45, 7) is 3.93. The molecule has 0 saturated heterocycles. The second-order valence-corrected chi connectivity index (χ2v) is 8.25. The molecule has 3 rings (SSSR count). The van der Waals surface area contributed by atoms with Crippen LogP contribution in [-0.4, -0.2) is 35.0 Å². The summed E-state index contributed by atoms with van der Waals surface area (Å²) in [6, 6.07) is 27.9. The van der Waals surface area contributed by atoms with Crippen molar-refractivity contribution < 1.29 is 14.7 Å². The highest BCUT2D eigenvalue weighted by molar-refractivity contribution is 5.98. The Morgan fingerprint density at radius 2 is 1.13 bits per heavy atom. The highest BCUT2D eigenvalue weighted by atomic mass is 16.4. The summed E-state index contributed by atoms with van der Waals surface area (Å²) >= 11 is 0. The maximum atomic E-state index is 14.4. The zero-order valence-corrected chi connectivity index (χ0v) is 18.2. The van der Waals surface area contributed by atoms with Gasteiger partial charge < -0.3 is 10.0 Å². The van der Waals surface area contributed by atoms with E-state index in [-0.39, 0.29) is 11.8 Å². The summed E-state index contributed by atoms with van der Waals surface area (Å²) in [5.41, 5.74) is 1.25. The van der Waals surface area contributed by atoms with E-state index in [0.717, 1.165) is 16.7 Å². The Morgan fingerprint density at radius 1 is 0.774 bits per heavy atom. The van der Waals surface area contributed by atoms with Crippen molar-refractivity contribution in [2.45, 2.75) is 31.7 Å². The van der Waals surface area contributed by atoms with Gasteiger partial charge in [-0.15, -0.1) is 0 Å². The van der Waals surface area contributed by atoms with Crippen molar-refractivity contribution in [1.29, 1.82) is 0 Å². The topological polar surface area (TPSA) is 57.6 Å². The predicted octanol–water partition coefficient (Wildman–Crippen LogP) is 4.98. The lowest BCUT2D eigenvalue weighted by molar-refractivity contribution is -0.151. The van der Waals surface area contributed by atoms with Crippen LogP contribution in [0.1, 0.15) is 37.0 Å². The fourth-order valence-corrected chi connectivity index (χ4v) is 4.21. The molecule has 160 valence electrons. The molecule has 0 unspecified atom stereocenters. The van der Waals surface area contributed by atoms with Crippen LogP contribution in [-0.2, 0) is 15.0 Å². The lowest BCUT2D eigenvalue weighted by Crippen LogP contribution is -2.53. The number of nitrogens with zero attached hydrogens (tertiary/aromatic N) is 1. The molecular weight excluding hydrogens is 386 g/mol. The molecule has 1 amide bonds. The predicted molar refractivity (Wildman–Crippen MR) is 123 cm³/mol. The summed E-state index contributed by atoms with van der Waals surface area (Å²) in [6.07, 6.45) is 0.381. The molecule has 0 saturated carbocycles. The highest BCUT2D eigenvalue weighted by Crippen LogP contribution is 2.41. The van der Waals surface area contributed by atoms with Gasteiger partial charge in [0.05, 0.1) is 0 Å². The van der Waals surface area contributed by atoms with Gasteiger partial charge in [-0.2, -0.15) is 0 Å². The smallest absolute Gasteiger partial charge is 0.326 e. The number of aliphatic carboxylic acids is 1. The first-order chi connectivity index (χ1) is 14.9. The van der Waals surface area contributed by atoms with Crippen LogP contribution in [0.25, 0.3) is 0 Å². The quantitative estimate of drug-likeness (QED) is 0.528. The molecule has 0 aliphatic carbocycles. The van der Waals surface area contributed by atoms with Gasteiger partial charge in [0.15, 0.2) is 0 Å². The number of carboxylic acid groups (broad SMARTS) is 1. The number of carboxylic acids is 1. The number of amides is 1. The van der Waals surface area contributed by atoms with E-state index in [1.54, 1.807) is 7.05 Å². The van der Waals surface area contributed by atoms with E-state index in [1.165, 1.54) is 4.90 Å². The van der Waals surface area contributed by atoms with Gasteiger partial charge in [0.2, 0.25) is 5.91 Å². The first-order valence-corrected chi connectivity index (χ1v) is 10.6. The summed E-state index contributed by atoms with van der Waals surface area (Å²) in [5, 5.41) is 9.92. The molecule has 3 aromatic carbocycles. The molecule has 0 aliphatic rings. The van der Waals surface area contributed by atoms with Gasteiger partial charge in [0.1, 0.15) is 11.5 Å². The third kappa shape index (κ3) is 4.38. The Labute approximate surface area is 184 Å². The maximum Gasteiger partial charge on any atom is 0.326 e. The Bertz CT molecular complexity index is 904. The molecule has 1 atom stereocenters. The molecule has 0 spiro atoms. The number of carbonyl (C=O) groups excluding carboxylic acids is 1. The third-order valence-electron chi connectivity index (χ3n) is 5.71. The average Bonchev–Trinajstić information content (AvgIpc) is 2.79. The highest BCUT2D eigenvalue weighted by Gasteiger charge is 2.47. The van der Waals surface area contributed by atoms with Crippen molar-refractivity contribution in [3.05, 3.63) is 108 Å². The van der Waals surface area contributed by atoms with Crippen LogP contribution in [0.2, 0.25) is 0 Å². The van der Waals surface area contributed by atoms with Crippen LogP contribution in [0.15, 0.2) is 91.0 Å². The number of rotatable bonds is 8. The van der Waals surface area contributed by atoms with Gasteiger partial charge >= 0.3 is 5.97 Å². The molecule has 31 heavy (non-hydrogen) atoms. The standard InChI is InChI=1S/C27H29NO3/c1-20(2)19-24(25(29)30)28(3)26(31)27(21-13-7-4-8-14-21,22-15-9-5-10-16-22)23-17-11-6-12-18-23/h4-18,20,24H,19H2,1-3H3,(H,29,30)/t24-/m1/s1. The summed E-state index contributed by atoms with van der Waals surface area (Å²) in [5.74, 6) is -1.12. The van der Waals surface area contributed by atoms with Crippen molar-refractivity contribution in [2.75, 3.05) is 7.05 Å². The molecular formula is C27H29NO3. The van der Waals surface area contributed by atoms with Gasteiger partial charge in [-0.1, -0.05) is 105 Å². The molecule has 0 fully saturated rings. The van der Waals surface area contributed by atoms with E-state index in [1.807, 2.05) is 105 Å². The van der Waals surface area contributed by atoms with Crippen LogP contribution < -0.4 is 0 Å². The minimum atomic E-state index is -1.16. The minimum Gasteiger partial charge on any atom is -0.480 e. The van der Waals surface area contributed by atoms with Gasteiger partial charge in [-0.05, 0) is 29.0 Å². The van der Waals surface area contributed by atoms with Crippen LogP contribution in [0, 0.1) is 5.92 Å². The van der Waals surface area contributed by atoms with E-state index >= 15 is 0 Å². The number of hydrogen-bond donors (Lipinski definition) is 1. The van der Waals surface area contributed by atoms with Crippen molar-refractivity contribution in [3.8, 4) is 0 Å². The molecule has 0 heterocycles. The number of hydrogen-bond acceptors (Lipinski definition) is 2. The molecule has 0 bridgehead atoms. The van der Waals surface area contributed by atoms with Crippen molar-refractivity contribution in [2.24, 2.45) is 5.92 Å². The minimum absolute atomic E-state index is 0.135. The van der Waals surface area contributed by atoms with Crippen LogP contribution in [0.4, 0.5) is 0 Å². The first kappa shape index (κ1) is 22.3. The lowest BCUT2D eigenvalue weighted by atomic mass is 9.68. The lowest BCUT2D eigenvalue weighted by Gasteiger charge is -2.39. The zero-order chi connectivity index (χ0) is 22.4. The largest absolute Gasteiger partial charge is 0.480 e. The molecule has 1 N–H and O–H groups in total. The fraction of sp³-hybridized carbons (Fsp3) is 0.259. The van der Waals surface area contributed by atoms with Crippen LogP contribution >= 0.6 is 0 Å². The van der Waals surface area contributed by atoms with Crippen molar-refractivity contribution in [1.82, 2.24) is 4.90 Å². The zero-order valence-electron chi connectivity index (χ0n) is 18.2. The Balaban J connectivity index is 2.30. The van der Waals surface area contributed by atoms with Crippen LogP contribution in [0.5, 0.6) is 0 Å². The maximum absolute atomic E-state index is 14.4. The molecule has 3 aromatic rings. The summed E-state index contributed by atoms with van der Waals surface area (Å²) in [4.78, 5) is 27.9. The molecule has 4 nitrogen and oxygen atoms in total. The monoisotopic (exact) mass is 415 g/mol. The van der Waals surface area contributed by atoms with Crippen LogP contribution in [0.3, 0.4) is 0 Å². The number of carbonyl (C=O) groups is 2. The van der Waals surface area contributed by atoms with E-state index < -0.39 is 17.4 Å². The van der Waals surface area contributed by atoms with E-state index in [2.05, 4.69) is 0 Å². The third-order valence-corrected chi connectivity index (χ3v) is 5.71. The number of likely N-dealkylation sites (N-methyl/N-ethyl adjacent to an activating group) is 1. The molecule has 0 aliphatic heterocycles. The van der Waals surface area contributed by atoms with E-state index in [4.69, 9.17) is 0 Å². The molecule has 4 heteroatoms. The molecule has 0 radical (unpaired) electrons. The van der Waals surface area contributed by atoms with Gasteiger partial charge in [-0.25, -0.2) is 4.79 Å². The first-order valence-electron chi connectivity index (χ1n) is 10.6. The average molecular weight is 416 g/mol. The van der Waals surface area contributed by atoms with E-state index in [0.29, 0.717) is 6.42 Å². The van der Waals surface area contributed by atoms with Gasteiger partial charge in [0.25, 0.3) is 0 Å². The Hall–Kier alpha value is -3.40.